The average Bonchev–Trinajstić information content (AvgIpc) is 2.71. The summed E-state index contributed by atoms with van der Waals surface area (Å²) < 4.78 is 5.34. The second-order valence-corrected chi connectivity index (χ2v) is 6.49. The molecule has 7 nitrogen and oxygen atoms in total. The first kappa shape index (κ1) is 19.4. The predicted molar refractivity (Wildman–Crippen MR) is 102 cm³/mol. The zero-order chi connectivity index (χ0) is 20.1. The summed E-state index contributed by atoms with van der Waals surface area (Å²) in [5.41, 5.74) is 2.54. The number of benzene rings is 2. The van der Waals surface area contributed by atoms with Crippen LogP contribution in [0.1, 0.15) is 38.8 Å². The predicted octanol–water partition coefficient (Wildman–Crippen LogP) is 2.10. The lowest BCUT2D eigenvalue weighted by Crippen LogP contribution is -2.42. The van der Waals surface area contributed by atoms with Crippen molar-refractivity contribution >= 4 is 17.8 Å². The summed E-state index contributed by atoms with van der Waals surface area (Å²) >= 11 is 0. The van der Waals surface area contributed by atoms with E-state index in [2.05, 4.69) is 5.32 Å². The van der Waals surface area contributed by atoms with Crippen molar-refractivity contribution < 1.29 is 24.2 Å². The van der Waals surface area contributed by atoms with E-state index in [0.717, 1.165) is 11.1 Å². The molecule has 0 fully saturated rings. The number of amides is 2. The van der Waals surface area contributed by atoms with Gasteiger partial charge in [0.15, 0.2) is 0 Å². The van der Waals surface area contributed by atoms with Crippen molar-refractivity contribution in [3.8, 4) is 5.75 Å². The van der Waals surface area contributed by atoms with Crippen molar-refractivity contribution in [3.63, 3.8) is 0 Å². The fourth-order valence-electron chi connectivity index (χ4n) is 3.14. The van der Waals surface area contributed by atoms with E-state index in [-0.39, 0.29) is 23.9 Å². The fourth-order valence-corrected chi connectivity index (χ4v) is 3.14. The molecule has 0 aliphatic carbocycles. The van der Waals surface area contributed by atoms with Gasteiger partial charge in [-0.25, -0.2) is 4.79 Å². The van der Waals surface area contributed by atoms with E-state index in [9.17, 15) is 14.4 Å². The molecule has 0 radical (unpaired) electrons. The SMILES string of the molecule is CCOc1ccc(C(=O)NCC(=O)N2CCc3ccc(C(=O)O)cc3C2)cc1. The second kappa shape index (κ2) is 8.56. The van der Waals surface area contributed by atoms with Crippen LogP contribution in [0.3, 0.4) is 0 Å². The van der Waals surface area contributed by atoms with E-state index >= 15 is 0 Å². The minimum absolute atomic E-state index is 0.111. The number of hydrogen-bond acceptors (Lipinski definition) is 4. The zero-order valence-electron chi connectivity index (χ0n) is 15.6. The summed E-state index contributed by atoms with van der Waals surface area (Å²) in [6.07, 6.45) is 0.661. The van der Waals surface area contributed by atoms with Gasteiger partial charge in [0.25, 0.3) is 5.91 Å². The van der Waals surface area contributed by atoms with Crippen LogP contribution >= 0.6 is 0 Å². The van der Waals surface area contributed by atoms with E-state index in [1.54, 1.807) is 47.4 Å². The maximum atomic E-state index is 12.5. The summed E-state index contributed by atoms with van der Waals surface area (Å²) in [6.45, 7) is 3.20. The maximum absolute atomic E-state index is 12.5. The number of carboxylic acid groups (broad SMARTS) is 1. The lowest BCUT2D eigenvalue weighted by molar-refractivity contribution is -0.131. The van der Waals surface area contributed by atoms with Crippen molar-refractivity contribution in [2.45, 2.75) is 19.9 Å². The molecular weight excluding hydrogens is 360 g/mol. The molecule has 1 aliphatic rings. The lowest BCUT2D eigenvalue weighted by atomic mass is 9.97. The van der Waals surface area contributed by atoms with Gasteiger partial charge in [0.2, 0.25) is 5.91 Å². The number of ether oxygens (including phenoxy) is 1. The Labute approximate surface area is 162 Å². The van der Waals surface area contributed by atoms with E-state index in [1.165, 1.54) is 0 Å². The number of rotatable bonds is 6. The van der Waals surface area contributed by atoms with E-state index in [0.29, 0.717) is 37.4 Å². The summed E-state index contributed by atoms with van der Waals surface area (Å²) in [5, 5.41) is 11.8. The molecule has 0 saturated heterocycles. The van der Waals surface area contributed by atoms with Crippen LogP contribution in [0.2, 0.25) is 0 Å². The van der Waals surface area contributed by atoms with Crippen LogP contribution in [0.25, 0.3) is 0 Å². The Kier molecular flexibility index (Phi) is 5.93. The Balaban J connectivity index is 1.57. The number of nitrogens with one attached hydrogen (secondary N) is 1. The first-order valence-corrected chi connectivity index (χ1v) is 9.12. The average molecular weight is 382 g/mol. The van der Waals surface area contributed by atoms with Gasteiger partial charge in [0.05, 0.1) is 18.7 Å². The van der Waals surface area contributed by atoms with Gasteiger partial charge in [-0.2, -0.15) is 0 Å². The smallest absolute Gasteiger partial charge is 0.335 e. The van der Waals surface area contributed by atoms with Crippen LogP contribution in [-0.2, 0) is 17.8 Å². The third-order valence-corrected chi connectivity index (χ3v) is 4.65. The highest BCUT2D eigenvalue weighted by Gasteiger charge is 2.22. The van der Waals surface area contributed by atoms with Gasteiger partial charge in [0.1, 0.15) is 5.75 Å². The van der Waals surface area contributed by atoms with Crippen LogP contribution in [0.5, 0.6) is 5.75 Å². The normalized spacial score (nSPS) is 12.8. The van der Waals surface area contributed by atoms with E-state index in [4.69, 9.17) is 9.84 Å². The molecule has 146 valence electrons. The number of fused-ring (bicyclic) bond motifs is 1. The largest absolute Gasteiger partial charge is 0.494 e. The molecule has 0 atom stereocenters. The molecule has 7 heteroatoms. The minimum atomic E-state index is -0.992. The maximum Gasteiger partial charge on any atom is 0.335 e. The van der Waals surface area contributed by atoms with Gasteiger partial charge in [-0.3, -0.25) is 9.59 Å². The standard InChI is InChI=1S/C21H22N2O5/c1-2-28-18-7-5-15(6-8-18)20(25)22-12-19(24)23-10-9-14-3-4-16(21(26)27)11-17(14)13-23/h3-8,11H,2,9-10,12-13H2,1H3,(H,22,25)(H,26,27). The van der Waals surface area contributed by atoms with Crippen LogP contribution < -0.4 is 10.1 Å². The van der Waals surface area contributed by atoms with Crippen LogP contribution in [-0.4, -0.2) is 47.5 Å². The monoisotopic (exact) mass is 382 g/mol. The number of aromatic carboxylic acids is 1. The minimum Gasteiger partial charge on any atom is -0.494 e. The zero-order valence-corrected chi connectivity index (χ0v) is 15.6. The summed E-state index contributed by atoms with van der Waals surface area (Å²) in [5.74, 6) is -0.843. The van der Waals surface area contributed by atoms with Gasteiger partial charge < -0.3 is 20.1 Å². The number of carbonyl (C=O) groups is 3. The second-order valence-electron chi connectivity index (χ2n) is 6.49. The number of nitrogens with zero attached hydrogens (tertiary/aromatic N) is 1. The van der Waals surface area contributed by atoms with Crippen molar-refractivity contribution in [2.24, 2.45) is 0 Å². The molecule has 2 amide bonds. The molecule has 0 aromatic heterocycles. The van der Waals surface area contributed by atoms with Crippen LogP contribution in [0.15, 0.2) is 42.5 Å². The van der Waals surface area contributed by atoms with Crippen molar-refractivity contribution in [3.05, 3.63) is 64.7 Å². The molecule has 0 unspecified atom stereocenters. The fraction of sp³-hybridized carbons (Fsp3) is 0.286. The molecule has 0 spiro atoms. The highest BCUT2D eigenvalue weighted by atomic mass is 16.5. The Morgan fingerprint density at radius 1 is 1.07 bits per heavy atom. The van der Waals surface area contributed by atoms with Gasteiger partial charge in [-0.05, 0) is 60.9 Å². The molecule has 2 aromatic carbocycles. The van der Waals surface area contributed by atoms with E-state index < -0.39 is 5.97 Å². The third kappa shape index (κ3) is 4.49. The van der Waals surface area contributed by atoms with E-state index in [1.807, 2.05) is 6.92 Å². The highest BCUT2D eigenvalue weighted by molar-refractivity contribution is 5.96. The summed E-state index contributed by atoms with van der Waals surface area (Å²) in [7, 11) is 0. The first-order chi connectivity index (χ1) is 13.5. The van der Waals surface area contributed by atoms with Crippen molar-refractivity contribution in [2.75, 3.05) is 19.7 Å². The Morgan fingerprint density at radius 3 is 2.46 bits per heavy atom. The summed E-state index contributed by atoms with van der Waals surface area (Å²) in [4.78, 5) is 37.5. The molecule has 2 N–H and O–H groups in total. The van der Waals surface area contributed by atoms with Crippen LogP contribution in [0, 0.1) is 0 Å². The van der Waals surface area contributed by atoms with Gasteiger partial charge in [-0.15, -0.1) is 0 Å². The molecule has 0 saturated carbocycles. The molecule has 3 rings (SSSR count). The lowest BCUT2D eigenvalue weighted by Gasteiger charge is -2.29. The van der Waals surface area contributed by atoms with Gasteiger partial charge in [-0.1, -0.05) is 6.07 Å². The number of hydrogen-bond donors (Lipinski definition) is 2. The van der Waals surface area contributed by atoms with Gasteiger partial charge in [0, 0.05) is 18.7 Å². The molecular formula is C21H22N2O5. The van der Waals surface area contributed by atoms with Gasteiger partial charge >= 0.3 is 5.97 Å². The van der Waals surface area contributed by atoms with Crippen molar-refractivity contribution in [1.82, 2.24) is 10.2 Å². The molecule has 1 aliphatic heterocycles. The quantitative estimate of drug-likeness (QED) is 0.798. The topological polar surface area (TPSA) is 95.9 Å². The molecule has 1 heterocycles. The molecule has 0 bridgehead atoms. The Hall–Kier alpha value is -3.35. The number of carboxylic acids is 1. The molecule has 2 aromatic rings. The Morgan fingerprint density at radius 2 is 1.79 bits per heavy atom. The first-order valence-electron chi connectivity index (χ1n) is 9.12. The summed E-state index contributed by atoms with van der Waals surface area (Å²) in [6, 6.07) is 11.7. The van der Waals surface area contributed by atoms with Crippen molar-refractivity contribution in [1.29, 1.82) is 0 Å². The highest BCUT2D eigenvalue weighted by Crippen LogP contribution is 2.20. The number of carbonyl (C=O) groups excluding carboxylic acids is 2. The molecule has 28 heavy (non-hydrogen) atoms. The third-order valence-electron chi connectivity index (χ3n) is 4.65. The Bertz CT molecular complexity index is 892. The van der Waals surface area contributed by atoms with Crippen LogP contribution in [0.4, 0.5) is 0 Å².